The van der Waals surface area contributed by atoms with Crippen LogP contribution in [-0.4, -0.2) is 16.1 Å². The van der Waals surface area contributed by atoms with Crippen LogP contribution in [0.15, 0.2) is 6.20 Å². The Bertz CT molecular complexity index is 415. The van der Waals surface area contributed by atoms with Crippen LogP contribution in [0, 0.1) is 3.57 Å². The predicted molar refractivity (Wildman–Crippen MR) is 65.9 cm³/mol. The Morgan fingerprint density at radius 1 is 1.56 bits per heavy atom. The number of carboxylic acid groups (broad SMARTS) is 1. The Hall–Kier alpha value is -0.310. The zero-order valence-electron chi connectivity index (χ0n) is 7.88. The lowest BCUT2D eigenvalue weighted by atomic mass is 10.1. The summed E-state index contributed by atoms with van der Waals surface area (Å²) >= 11 is 4.97. The molecule has 0 spiro atoms. The summed E-state index contributed by atoms with van der Waals surface area (Å²) in [6.45, 7) is 0. The molecule has 1 rings (SSSR count). The number of pyridine rings is 1. The molecule has 1 aromatic heterocycles. The first kappa shape index (κ1) is 13.8. The molecule has 0 unspecified atom stereocenters. The molecule has 1 aromatic rings. The first-order valence-electron chi connectivity index (χ1n) is 4.19. The molecule has 0 amide bonds. The van der Waals surface area contributed by atoms with Gasteiger partial charge in [0.25, 0.3) is 6.43 Å². The van der Waals surface area contributed by atoms with Crippen molar-refractivity contribution < 1.29 is 18.7 Å². The summed E-state index contributed by atoms with van der Waals surface area (Å²) in [5.41, 5.74) is 0.313. The van der Waals surface area contributed by atoms with E-state index in [-0.39, 0.29) is 23.0 Å². The number of halogens is 4. The van der Waals surface area contributed by atoms with E-state index in [1.54, 1.807) is 0 Å². The SMILES string of the molecule is O=C(O)Cc1c(I)cnc(C(F)F)c1CBr. The van der Waals surface area contributed by atoms with Crippen molar-refractivity contribution in [2.75, 3.05) is 0 Å². The zero-order chi connectivity index (χ0) is 12.3. The summed E-state index contributed by atoms with van der Waals surface area (Å²) in [5, 5.41) is 8.88. The van der Waals surface area contributed by atoms with E-state index in [2.05, 4.69) is 20.9 Å². The first-order valence-corrected chi connectivity index (χ1v) is 6.39. The van der Waals surface area contributed by atoms with Crippen LogP contribution in [0.4, 0.5) is 8.78 Å². The van der Waals surface area contributed by atoms with Crippen LogP contribution in [0.3, 0.4) is 0 Å². The highest BCUT2D eigenvalue weighted by Crippen LogP contribution is 2.28. The number of alkyl halides is 3. The molecule has 0 atom stereocenters. The van der Waals surface area contributed by atoms with E-state index in [9.17, 15) is 13.6 Å². The average molecular weight is 406 g/mol. The third kappa shape index (κ3) is 3.09. The van der Waals surface area contributed by atoms with Crippen molar-refractivity contribution in [1.82, 2.24) is 4.98 Å². The van der Waals surface area contributed by atoms with Gasteiger partial charge in [-0.15, -0.1) is 0 Å². The van der Waals surface area contributed by atoms with Gasteiger partial charge in [-0.05, 0) is 33.7 Å². The molecule has 0 saturated carbocycles. The summed E-state index contributed by atoms with van der Waals surface area (Å²) < 4.78 is 25.8. The fraction of sp³-hybridized carbons (Fsp3) is 0.333. The average Bonchev–Trinajstić information content (AvgIpc) is 2.19. The molecule has 88 valence electrons. The highest BCUT2D eigenvalue weighted by atomic mass is 127. The zero-order valence-corrected chi connectivity index (χ0v) is 11.6. The monoisotopic (exact) mass is 405 g/mol. The summed E-state index contributed by atoms with van der Waals surface area (Å²) in [4.78, 5) is 14.3. The molecule has 16 heavy (non-hydrogen) atoms. The van der Waals surface area contributed by atoms with Gasteiger partial charge >= 0.3 is 5.97 Å². The Morgan fingerprint density at radius 2 is 2.19 bits per heavy atom. The first-order chi connectivity index (χ1) is 7.47. The Balaban J connectivity index is 3.32. The maximum Gasteiger partial charge on any atom is 0.307 e. The lowest BCUT2D eigenvalue weighted by Crippen LogP contribution is -2.09. The van der Waals surface area contributed by atoms with E-state index < -0.39 is 12.4 Å². The van der Waals surface area contributed by atoms with E-state index in [1.165, 1.54) is 6.20 Å². The molecule has 1 heterocycles. The molecule has 0 saturated heterocycles. The molecule has 0 aliphatic carbocycles. The minimum atomic E-state index is -2.70. The van der Waals surface area contributed by atoms with E-state index in [0.717, 1.165) is 0 Å². The molecule has 0 aromatic carbocycles. The van der Waals surface area contributed by atoms with E-state index in [0.29, 0.717) is 9.13 Å². The molecule has 0 bridgehead atoms. The van der Waals surface area contributed by atoms with Gasteiger partial charge in [0.15, 0.2) is 0 Å². The smallest absolute Gasteiger partial charge is 0.307 e. The van der Waals surface area contributed by atoms with Crippen LogP contribution in [0.5, 0.6) is 0 Å². The number of rotatable bonds is 4. The van der Waals surface area contributed by atoms with Gasteiger partial charge in [-0.25, -0.2) is 8.78 Å². The van der Waals surface area contributed by atoms with Gasteiger partial charge in [0, 0.05) is 15.1 Å². The maximum atomic E-state index is 12.6. The Kier molecular flexibility index (Phi) is 5.03. The minimum absolute atomic E-state index is 0.166. The Labute approximate surface area is 113 Å². The van der Waals surface area contributed by atoms with E-state index in [1.807, 2.05) is 22.6 Å². The topological polar surface area (TPSA) is 50.2 Å². The van der Waals surface area contributed by atoms with Crippen molar-refractivity contribution in [3.8, 4) is 0 Å². The van der Waals surface area contributed by atoms with Gasteiger partial charge < -0.3 is 5.11 Å². The van der Waals surface area contributed by atoms with E-state index >= 15 is 0 Å². The number of nitrogens with zero attached hydrogens (tertiary/aromatic N) is 1. The van der Waals surface area contributed by atoms with Gasteiger partial charge in [-0.1, -0.05) is 15.9 Å². The minimum Gasteiger partial charge on any atom is -0.481 e. The van der Waals surface area contributed by atoms with Gasteiger partial charge in [-0.3, -0.25) is 9.78 Å². The van der Waals surface area contributed by atoms with Crippen LogP contribution in [0.25, 0.3) is 0 Å². The van der Waals surface area contributed by atoms with Crippen LogP contribution in [0.2, 0.25) is 0 Å². The fourth-order valence-corrected chi connectivity index (χ4v) is 2.54. The van der Waals surface area contributed by atoms with Crippen molar-refractivity contribution in [2.45, 2.75) is 18.2 Å². The summed E-state index contributed by atoms with van der Waals surface area (Å²) in [5.74, 6) is -1.05. The quantitative estimate of drug-likeness (QED) is 0.618. The lowest BCUT2D eigenvalue weighted by Gasteiger charge is -2.12. The van der Waals surface area contributed by atoms with Crippen molar-refractivity contribution in [2.24, 2.45) is 0 Å². The number of aliphatic carboxylic acids is 1. The van der Waals surface area contributed by atoms with Gasteiger partial charge in [0.1, 0.15) is 5.69 Å². The summed E-state index contributed by atoms with van der Waals surface area (Å²) in [6, 6.07) is 0. The summed E-state index contributed by atoms with van der Waals surface area (Å²) in [6.07, 6.45) is -1.70. The molecular formula is C9H7BrF2INO2. The second kappa shape index (κ2) is 5.85. The molecule has 0 radical (unpaired) electrons. The highest BCUT2D eigenvalue weighted by molar-refractivity contribution is 14.1. The highest BCUT2D eigenvalue weighted by Gasteiger charge is 2.20. The van der Waals surface area contributed by atoms with Crippen molar-refractivity contribution in [3.63, 3.8) is 0 Å². The molecule has 7 heteroatoms. The molecule has 0 aliphatic heterocycles. The fourth-order valence-electron chi connectivity index (χ4n) is 1.26. The van der Waals surface area contributed by atoms with Gasteiger partial charge in [0.05, 0.1) is 6.42 Å². The maximum absolute atomic E-state index is 12.6. The third-order valence-corrected chi connectivity index (χ3v) is 3.44. The lowest BCUT2D eigenvalue weighted by molar-refractivity contribution is -0.136. The number of aromatic nitrogens is 1. The van der Waals surface area contributed by atoms with Crippen molar-refractivity contribution >= 4 is 44.5 Å². The van der Waals surface area contributed by atoms with Crippen LogP contribution >= 0.6 is 38.5 Å². The van der Waals surface area contributed by atoms with Gasteiger partial charge in [0.2, 0.25) is 0 Å². The van der Waals surface area contributed by atoms with Crippen LogP contribution in [-0.2, 0) is 16.5 Å². The normalized spacial score (nSPS) is 10.8. The van der Waals surface area contributed by atoms with Crippen molar-refractivity contribution in [1.29, 1.82) is 0 Å². The number of hydrogen-bond donors (Lipinski definition) is 1. The third-order valence-electron chi connectivity index (χ3n) is 1.95. The molecular weight excluding hydrogens is 399 g/mol. The van der Waals surface area contributed by atoms with Crippen molar-refractivity contribution in [3.05, 3.63) is 26.6 Å². The number of carbonyl (C=O) groups is 1. The second-order valence-corrected chi connectivity index (χ2v) is 4.68. The largest absolute Gasteiger partial charge is 0.481 e. The van der Waals surface area contributed by atoms with E-state index in [4.69, 9.17) is 5.11 Å². The predicted octanol–water partition coefficient (Wildman–Crippen LogP) is 3.15. The standard InChI is InChI=1S/C9H7BrF2INO2/c10-2-5-4(1-7(15)16)6(13)3-14-8(5)9(11)12/h3,9H,1-2H2,(H,15,16). The van der Waals surface area contributed by atoms with Gasteiger partial charge in [-0.2, -0.15) is 0 Å². The molecule has 1 N–H and O–H groups in total. The molecule has 0 fully saturated rings. The second-order valence-electron chi connectivity index (χ2n) is 2.95. The molecule has 3 nitrogen and oxygen atoms in total. The number of carboxylic acids is 1. The van der Waals surface area contributed by atoms with Crippen LogP contribution < -0.4 is 0 Å². The van der Waals surface area contributed by atoms with Crippen LogP contribution in [0.1, 0.15) is 23.2 Å². The Morgan fingerprint density at radius 3 is 2.62 bits per heavy atom. The number of hydrogen-bond acceptors (Lipinski definition) is 2. The summed E-state index contributed by atoms with van der Waals surface area (Å²) in [7, 11) is 0. The molecule has 0 aliphatic rings.